The summed E-state index contributed by atoms with van der Waals surface area (Å²) in [4.78, 5) is 10.6. The Balaban J connectivity index is 1.90. The van der Waals surface area contributed by atoms with E-state index in [0.29, 0.717) is 28.0 Å². The molecule has 0 unspecified atom stereocenters. The van der Waals surface area contributed by atoms with Gasteiger partial charge in [0.2, 0.25) is 0 Å². The van der Waals surface area contributed by atoms with Crippen LogP contribution < -0.4 is 19.7 Å². The smallest absolute Gasteiger partial charge is 0.144 e. The Morgan fingerprint density at radius 1 is 0.962 bits per heavy atom. The largest absolute Gasteiger partial charge is 0.495 e. The molecule has 0 aliphatic carbocycles. The fourth-order valence-corrected chi connectivity index (χ4v) is 2.71. The molecule has 0 aliphatic rings. The first-order chi connectivity index (χ1) is 12.6. The number of methoxy groups -OCH3 is 2. The number of rotatable bonds is 6. The molecule has 0 fully saturated rings. The van der Waals surface area contributed by atoms with Gasteiger partial charge in [0.15, 0.2) is 0 Å². The Hall–Kier alpha value is -2.99. The molecule has 7 heteroatoms. The molecular weight excluding hydrogens is 352 g/mol. The SMILES string of the molecule is COc1cc(Nc2cc(N(C)c3ccccc3)ncn2)c(OC)cc1Cl. The van der Waals surface area contributed by atoms with E-state index < -0.39 is 0 Å². The molecule has 0 amide bonds. The van der Waals surface area contributed by atoms with Gasteiger partial charge in [-0.1, -0.05) is 29.8 Å². The maximum atomic E-state index is 6.15. The predicted octanol–water partition coefficient (Wildman–Crippen LogP) is 4.66. The van der Waals surface area contributed by atoms with Crippen LogP contribution in [0.25, 0.3) is 0 Å². The highest BCUT2D eigenvalue weighted by Crippen LogP contribution is 2.37. The van der Waals surface area contributed by atoms with Crippen LogP contribution in [0.1, 0.15) is 0 Å². The zero-order chi connectivity index (χ0) is 18.5. The number of nitrogens with zero attached hydrogens (tertiary/aromatic N) is 3. The minimum Gasteiger partial charge on any atom is -0.495 e. The number of nitrogens with one attached hydrogen (secondary N) is 1. The molecule has 0 aliphatic heterocycles. The lowest BCUT2D eigenvalue weighted by Crippen LogP contribution is -2.11. The van der Waals surface area contributed by atoms with Gasteiger partial charge in [-0.25, -0.2) is 9.97 Å². The lowest BCUT2D eigenvalue weighted by Gasteiger charge is -2.19. The lowest BCUT2D eigenvalue weighted by molar-refractivity contribution is 0.405. The molecule has 6 nitrogen and oxygen atoms in total. The fourth-order valence-electron chi connectivity index (χ4n) is 2.48. The summed E-state index contributed by atoms with van der Waals surface area (Å²) < 4.78 is 10.7. The van der Waals surface area contributed by atoms with E-state index >= 15 is 0 Å². The lowest BCUT2D eigenvalue weighted by atomic mass is 10.2. The van der Waals surface area contributed by atoms with Gasteiger partial charge in [0.1, 0.15) is 29.5 Å². The van der Waals surface area contributed by atoms with Crippen molar-refractivity contribution < 1.29 is 9.47 Å². The van der Waals surface area contributed by atoms with E-state index in [-0.39, 0.29) is 0 Å². The second-order valence-corrected chi connectivity index (χ2v) is 5.88. The Bertz CT molecular complexity index is 890. The van der Waals surface area contributed by atoms with Crippen LogP contribution in [0.3, 0.4) is 0 Å². The van der Waals surface area contributed by atoms with Crippen molar-refractivity contribution in [3.8, 4) is 11.5 Å². The van der Waals surface area contributed by atoms with Gasteiger partial charge in [-0.3, -0.25) is 0 Å². The fraction of sp³-hybridized carbons (Fsp3) is 0.158. The average Bonchev–Trinajstić information content (AvgIpc) is 2.69. The second-order valence-electron chi connectivity index (χ2n) is 5.47. The Morgan fingerprint density at radius 3 is 2.38 bits per heavy atom. The summed E-state index contributed by atoms with van der Waals surface area (Å²) in [6, 6.07) is 15.3. The highest BCUT2D eigenvalue weighted by molar-refractivity contribution is 6.32. The third-order valence-corrected chi connectivity index (χ3v) is 4.17. The van der Waals surface area contributed by atoms with Crippen molar-refractivity contribution in [2.75, 3.05) is 31.5 Å². The molecule has 1 aromatic heterocycles. The molecule has 0 radical (unpaired) electrons. The summed E-state index contributed by atoms with van der Waals surface area (Å²) in [6.07, 6.45) is 1.51. The molecule has 134 valence electrons. The van der Waals surface area contributed by atoms with Gasteiger partial charge < -0.3 is 19.7 Å². The van der Waals surface area contributed by atoms with E-state index in [9.17, 15) is 0 Å². The number of ether oxygens (including phenoxy) is 2. The third kappa shape index (κ3) is 3.81. The van der Waals surface area contributed by atoms with E-state index in [1.807, 2.05) is 48.3 Å². The van der Waals surface area contributed by atoms with E-state index in [0.717, 1.165) is 11.5 Å². The zero-order valence-electron chi connectivity index (χ0n) is 14.7. The topological polar surface area (TPSA) is 59.5 Å². The van der Waals surface area contributed by atoms with Crippen molar-refractivity contribution in [1.29, 1.82) is 0 Å². The van der Waals surface area contributed by atoms with Crippen LogP contribution in [0.4, 0.5) is 23.0 Å². The van der Waals surface area contributed by atoms with Crippen LogP contribution in [-0.4, -0.2) is 31.2 Å². The number of anilines is 4. The second kappa shape index (κ2) is 7.93. The summed E-state index contributed by atoms with van der Waals surface area (Å²) in [5.41, 5.74) is 1.73. The van der Waals surface area contributed by atoms with E-state index in [2.05, 4.69) is 15.3 Å². The third-order valence-electron chi connectivity index (χ3n) is 3.88. The van der Waals surface area contributed by atoms with Crippen molar-refractivity contribution in [1.82, 2.24) is 9.97 Å². The predicted molar refractivity (Wildman–Crippen MR) is 104 cm³/mol. The first-order valence-corrected chi connectivity index (χ1v) is 8.29. The number of para-hydroxylation sites is 1. The van der Waals surface area contributed by atoms with Gasteiger partial charge in [-0.2, -0.15) is 0 Å². The van der Waals surface area contributed by atoms with Crippen LogP contribution >= 0.6 is 11.6 Å². The maximum Gasteiger partial charge on any atom is 0.144 e. The van der Waals surface area contributed by atoms with Crippen molar-refractivity contribution in [2.24, 2.45) is 0 Å². The minimum absolute atomic E-state index is 0.474. The molecule has 1 N–H and O–H groups in total. The molecule has 0 bridgehead atoms. The van der Waals surface area contributed by atoms with Gasteiger partial charge in [0.05, 0.1) is 24.9 Å². The molecule has 3 rings (SSSR count). The minimum atomic E-state index is 0.474. The number of halogens is 1. The quantitative estimate of drug-likeness (QED) is 0.681. The van der Waals surface area contributed by atoms with Crippen molar-refractivity contribution in [3.63, 3.8) is 0 Å². The van der Waals surface area contributed by atoms with Crippen LogP contribution in [-0.2, 0) is 0 Å². The molecule has 2 aromatic carbocycles. The van der Waals surface area contributed by atoms with Crippen LogP contribution in [0, 0.1) is 0 Å². The van der Waals surface area contributed by atoms with Crippen molar-refractivity contribution in [3.05, 3.63) is 59.9 Å². The number of hydrogen-bond acceptors (Lipinski definition) is 6. The van der Waals surface area contributed by atoms with E-state index in [1.54, 1.807) is 26.4 Å². The molecule has 0 saturated heterocycles. The summed E-state index contributed by atoms with van der Waals surface area (Å²) in [5, 5.41) is 3.70. The van der Waals surface area contributed by atoms with Gasteiger partial charge in [0, 0.05) is 30.9 Å². The van der Waals surface area contributed by atoms with E-state index in [4.69, 9.17) is 21.1 Å². The maximum absolute atomic E-state index is 6.15. The number of benzene rings is 2. The summed E-state index contributed by atoms with van der Waals surface area (Å²) >= 11 is 6.15. The van der Waals surface area contributed by atoms with Crippen LogP contribution in [0.15, 0.2) is 54.9 Å². The standard InChI is InChI=1S/C19H19ClN4O2/c1-24(13-7-5-4-6-8-13)19-11-18(21-12-22-19)23-15-10-16(25-2)14(20)9-17(15)26-3/h4-12H,1-3H3,(H,21,22,23). The van der Waals surface area contributed by atoms with Gasteiger partial charge in [0.25, 0.3) is 0 Å². The van der Waals surface area contributed by atoms with E-state index in [1.165, 1.54) is 6.33 Å². The van der Waals surface area contributed by atoms with Crippen molar-refractivity contribution >= 4 is 34.6 Å². The Morgan fingerprint density at radius 2 is 1.69 bits per heavy atom. The van der Waals surface area contributed by atoms with Gasteiger partial charge in [-0.05, 0) is 12.1 Å². The van der Waals surface area contributed by atoms with Gasteiger partial charge in [-0.15, -0.1) is 0 Å². The number of aromatic nitrogens is 2. The molecule has 0 saturated carbocycles. The first-order valence-electron chi connectivity index (χ1n) is 7.91. The van der Waals surface area contributed by atoms with Crippen LogP contribution in [0.5, 0.6) is 11.5 Å². The zero-order valence-corrected chi connectivity index (χ0v) is 15.5. The first kappa shape index (κ1) is 17.8. The molecule has 0 atom stereocenters. The summed E-state index contributed by atoms with van der Waals surface area (Å²) in [7, 11) is 5.10. The van der Waals surface area contributed by atoms with Crippen LogP contribution in [0.2, 0.25) is 5.02 Å². The summed E-state index contributed by atoms with van der Waals surface area (Å²) in [6.45, 7) is 0. The molecule has 1 heterocycles. The molecule has 3 aromatic rings. The molecular formula is C19H19ClN4O2. The van der Waals surface area contributed by atoms with Crippen molar-refractivity contribution in [2.45, 2.75) is 0 Å². The number of hydrogen-bond donors (Lipinski definition) is 1. The highest BCUT2D eigenvalue weighted by atomic mass is 35.5. The van der Waals surface area contributed by atoms with Gasteiger partial charge >= 0.3 is 0 Å². The summed E-state index contributed by atoms with van der Waals surface area (Å²) in [5.74, 6) is 2.52. The average molecular weight is 371 g/mol. The molecule has 0 spiro atoms. The Kier molecular flexibility index (Phi) is 5.43. The normalized spacial score (nSPS) is 10.3. The highest BCUT2D eigenvalue weighted by Gasteiger charge is 2.12. The Labute approximate surface area is 157 Å². The monoisotopic (exact) mass is 370 g/mol. The molecule has 26 heavy (non-hydrogen) atoms.